The molecule has 2 aromatic rings. The highest BCUT2D eigenvalue weighted by Gasteiger charge is 2.22. The number of hydrogen-bond donors (Lipinski definition) is 0. The van der Waals surface area contributed by atoms with E-state index in [0.717, 1.165) is 43.1 Å². The van der Waals surface area contributed by atoms with Crippen molar-refractivity contribution in [3.8, 4) is 5.88 Å². The van der Waals surface area contributed by atoms with Crippen LogP contribution in [-0.2, 0) is 0 Å². The minimum Gasteiger partial charge on any atom is -0.474 e. The topological polar surface area (TPSA) is 51.1 Å². The molecule has 0 unspecified atom stereocenters. The molecule has 21 heavy (non-hydrogen) atoms. The summed E-state index contributed by atoms with van der Waals surface area (Å²) in [6.07, 6.45) is 5.81. The first-order valence-electron chi connectivity index (χ1n) is 7.34. The monoisotopic (exact) mass is 284 g/mol. The molecule has 5 nitrogen and oxygen atoms in total. The Bertz CT molecular complexity index is 591. The second kappa shape index (κ2) is 6.08. The lowest BCUT2D eigenvalue weighted by atomic mass is 10.1. The van der Waals surface area contributed by atoms with Gasteiger partial charge in [-0.1, -0.05) is 6.07 Å². The Morgan fingerprint density at radius 1 is 1.10 bits per heavy atom. The average molecular weight is 284 g/mol. The van der Waals surface area contributed by atoms with Gasteiger partial charge in [0.1, 0.15) is 6.10 Å². The normalized spacial score (nSPS) is 16.0. The van der Waals surface area contributed by atoms with Gasteiger partial charge >= 0.3 is 0 Å². The molecule has 0 bridgehead atoms. The molecule has 110 valence electrons. The van der Waals surface area contributed by atoms with Crippen LogP contribution in [0.25, 0.3) is 0 Å². The first kappa shape index (κ1) is 13.8. The summed E-state index contributed by atoms with van der Waals surface area (Å²) in [5.74, 6) is 1.53. The van der Waals surface area contributed by atoms with E-state index in [9.17, 15) is 0 Å². The smallest absolute Gasteiger partial charge is 0.225 e. The number of nitrogens with zero attached hydrogens (tertiary/aromatic N) is 4. The van der Waals surface area contributed by atoms with E-state index in [1.807, 2.05) is 44.4 Å². The van der Waals surface area contributed by atoms with Crippen molar-refractivity contribution in [1.82, 2.24) is 15.0 Å². The third-order valence-electron chi connectivity index (χ3n) is 3.68. The van der Waals surface area contributed by atoms with Crippen LogP contribution in [0, 0.1) is 13.8 Å². The summed E-state index contributed by atoms with van der Waals surface area (Å²) in [7, 11) is 0. The quantitative estimate of drug-likeness (QED) is 0.867. The molecule has 3 heterocycles. The van der Waals surface area contributed by atoms with E-state index in [2.05, 4.69) is 19.9 Å². The molecule has 5 heteroatoms. The molecule has 0 saturated carbocycles. The predicted octanol–water partition coefficient (Wildman–Crippen LogP) is 2.54. The van der Waals surface area contributed by atoms with Gasteiger partial charge in [-0.2, -0.15) is 0 Å². The van der Waals surface area contributed by atoms with Crippen LogP contribution in [0.1, 0.15) is 24.1 Å². The van der Waals surface area contributed by atoms with Gasteiger partial charge in [0, 0.05) is 50.1 Å². The zero-order chi connectivity index (χ0) is 14.7. The number of pyridine rings is 1. The molecule has 0 spiro atoms. The maximum atomic E-state index is 5.94. The molecule has 1 aliphatic heterocycles. The van der Waals surface area contributed by atoms with Crippen LogP contribution in [0.3, 0.4) is 0 Å². The van der Waals surface area contributed by atoms with Crippen LogP contribution in [0.15, 0.2) is 30.6 Å². The maximum Gasteiger partial charge on any atom is 0.225 e. The van der Waals surface area contributed by atoms with Gasteiger partial charge < -0.3 is 9.64 Å². The van der Waals surface area contributed by atoms with Crippen molar-refractivity contribution in [3.63, 3.8) is 0 Å². The van der Waals surface area contributed by atoms with Gasteiger partial charge in [0.05, 0.1) is 0 Å². The zero-order valence-electron chi connectivity index (χ0n) is 12.5. The molecule has 0 N–H and O–H groups in total. The first-order valence-corrected chi connectivity index (χ1v) is 7.34. The van der Waals surface area contributed by atoms with Crippen molar-refractivity contribution in [2.45, 2.75) is 32.8 Å². The van der Waals surface area contributed by atoms with Crippen LogP contribution in [0.5, 0.6) is 5.88 Å². The number of rotatable bonds is 3. The number of hydrogen-bond acceptors (Lipinski definition) is 5. The molecule has 1 saturated heterocycles. The standard InChI is InChI=1S/C16H20N4O/c1-12-3-4-15(18-11-12)21-14-6-9-20(10-7-14)16-17-8-5-13(2)19-16/h3-5,8,11,14H,6-7,9-10H2,1-2H3. The van der Waals surface area contributed by atoms with Crippen molar-refractivity contribution >= 4 is 5.95 Å². The Morgan fingerprint density at radius 2 is 1.90 bits per heavy atom. The maximum absolute atomic E-state index is 5.94. The van der Waals surface area contributed by atoms with Gasteiger partial charge in [0.25, 0.3) is 0 Å². The average Bonchev–Trinajstić information content (AvgIpc) is 2.50. The summed E-state index contributed by atoms with van der Waals surface area (Å²) < 4.78 is 5.94. The molecule has 2 aromatic heterocycles. The number of aryl methyl sites for hydroxylation is 2. The fourth-order valence-corrected chi connectivity index (χ4v) is 2.46. The third-order valence-corrected chi connectivity index (χ3v) is 3.68. The molecular weight excluding hydrogens is 264 g/mol. The van der Waals surface area contributed by atoms with E-state index in [1.165, 1.54) is 0 Å². The van der Waals surface area contributed by atoms with E-state index in [1.54, 1.807) is 0 Å². The largest absolute Gasteiger partial charge is 0.474 e. The van der Waals surface area contributed by atoms with Crippen molar-refractivity contribution in [2.75, 3.05) is 18.0 Å². The van der Waals surface area contributed by atoms with E-state index < -0.39 is 0 Å². The molecule has 0 aromatic carbocycles. The van der Waals surface area contributed by atoms with E-state index in [-0.39, 0.29) is 6.10 Å². The Labute approximate surface area is 125 Å². The van der Waals surface area contributed by atoms with Crippen LogP contribution < -0.4 is 9.64 Å². The Morgan fingerprint density at radius 3 is 2.57 bits per heavy atom. The Hall–Kier alpha value is -2.17. The summed E-state index contributed by atoms with van der Waals surface area (Å²) >= 11 is 0. The fourth-order valence-electron chi connectivity index (χ4n) is 2.46. The molecule has 0 amide bonds. The second-order valence-electron chi connectivity index (χ2n) is 5.48. The van der Waals surface area contributed by atoms with Gasteiger partial charge in [-0.05, 0) is 25.5 Å². The van der Waals surface area contributed by atoms with Gasteiger partial charge in [0.15, 0.2) is 0 Å². The van der Waals surface area contributed by atoms with Gasteiger partial charge in [-0.3, -0.25) is 0 Å². The van der Waals surface area contributed by atoms with E-state index in [4.69, 9.17) is 4.74 Å². The van der Waals surface area contributed by atoms with E-state index in [0.29, 0.717) is 5.88 Å². The number of anilines is 1. The van der Waals surface area contributed by atoms with E-state index >= 15 is 0 Å². The minimum absolute atomic E-state index is 0.223. The summed E-state index contributed by atoms with van der Waals surface area (Å²) in [5.41, 5.74) is 2.15. The third kappa shape index (κ3) is 3.48. The summed E-state index contributed by atoms with van der Waals surface area (Å²) in [4.78, 5) is 15.3. The number of aromatic nitrogens is 3. The Balaban J connectivity index is 1.56. The van der Waals surface area contributed by atoms with Crippen LogP contribution in [-0.4, -0.2) is 34.1 Å². The summed E-state index contributed by atoms with van der Waals surface area (Å²) in [6.45, 7) is 5.85. The van der Waals surface area contributed by atoms with Gasteiger partial charge in [-0.15, -0.1) is 0 Å². The predicted molar refractivity (Wildman–Crippen MR) is 81.6 cm³/mol. The lowest BCUT2D eigenvalue weighted by Crippen LogP contribution is -2.39. The van der Waals surface area contributed by atoms with Crippen LogP contribution >= 0.6 is 0 Å². The van der Waals surface area contributed by atoms with Crippen molar-refractivity contribution < 1.29 is 4.74 Å². The zero-order valence-corrected chi connectivity index (χ0v) is 12.5. The highest BCUT2D eigenvalue weighted by molar-refractivity contribution is 5.30. The molecule has 0 atom stereocenters. The SMILES string of the molecule is Cc1ccc(OC2CCN(c3nccc(C)n3)CC2)nc1. The lowest BCUT2D eigenvalue weighted by molar-refractivity contribution is 0.163. The summed E-state index contributed by atoms with van der Waals surface area (Å²) in [6, 6.07) is 5.88. The molecule has 0 aliphatic carbocycles. The molecule has 3 rings (SSSR count). The van der Waals surface area contributed by atoms with Crippen LogP contribution in [0.4, 0.5) is 5.95 Å². The van der Waals surface area contributed by atoms with Gasteiger partial charge in [0.2, 0.25) is 11.8 Å². The molecular formula is C16H20N4O. The van der Waals surface area contributed by atoms with Crippen molar-refractivity contribution in [3.05, 3.63) is 41.9 Å². The fraction of sp³-hybridized carbons (Fsp3) is 0.438. The molecule has 0 radical (unpaired) electrons. The van der Waals surface area contributed by atoms with Crippen LogP contribution in [0.2, 0.25) is 0 Å². The van der Waals surface area contributed by atoms with Gasteiger partial charge in [-0.25, -0.2) is 15.0 Å². The molecule has 1 aliphatic rings. The highest BCUT2D eigenvalue weighted by atomic mass is 16.5. The summed E-state index contributed by atoms with van der Waals surface area (Å²) in [5, 5.41) is 0. The number of ether oxygens (including phenoxy) is 1. The second-order valence-corrected chi connectivity index (χ2v) is 5.48. The Kier molecular flexibility index (Phi) is 3.99. The lowest BCUT2D eigenvalue weighted by Gasteiger charge is -2.31. The number of piperidine rings is 1. The van der Waals surface area contributed by atoms with Crippen molar-refractivity contribution in [1.29, 1.82) is 0 Å². The minimum atomic E-state index is 0.223. The highest BCUT2D eigenvalue weighted by Crippen LogP contribution is 2.20. The first-order chi connectivity index (χ1) is 10.2. The molecule has 1 fully saturated rings. The van der Waals surface area contributed by atoms with Crippen molar-refractivity contribution in [2.24, 2.45) is 0 Å².